The standard InChI is InChI=1S/C9H10INO3/c10-3-4-11-9(14)7-5-6(12)1-2-8(7)13/h1-2,5,12-13H,3-4H2,(H,11,14). The zero-order valence-corrected chi connectivity index (χ0v) is 9.48. The lowest BCUT2D eigenvalue weighted by Crippen LogP contribution is -2.25. The Kier molecular flexibility index (Phi) is 3.99. The molecule has 4 nitrogen and oxygen atoms in total. The van der Waals surface area contributed by atoms with Gasteiger partial charge in [-0.15, -0.1) is 0 Å². The average molecular weight is 307 g/mol. The number of benzene rings is 1. The Bertz CT molecular complexity index is 341. The van der Waals surface area contributed by atoms with E-state index in [-0.39, 0.29) is 23.0 Å². The predicted octanol–water partition coefficient (Wildman–Crippen LogP) is 1.26. The number of carbonyl (C=O) groups is 1. The summed E-state index contributed by atoms with van der Waals surface area (Å²) in [5.74, 6) is -0.550. The fourth-order valence-electron chi connectivity index (χ4n) is 0.962. The van der Waals surface area contributed by atoms with Crippen molar-refractivity contribution in [2.45, 2.75) is 0 Å². The third-order valence-corrected chi connectivity index (χ3v) is 2.14. The Hall–Kier alpha value is -0.980. The highest BCUT2D eigenvalue weighted by Crippen LogP contribution is 2.21. The van der Waals surface area contributed by atoms with E-state index in [0.717, 1.165) is 4.43 Å². The van der Waals surface area contributed by atoms with Gasteiger partial charge in [-0.25, -0.2) is 0 Å². The van der Waals surface area contributed by atoms with Crippen molar-refractivity contribution in [3.05, 3.63) is 23.8 Å². The molecule has 14 heavy (non-hydrogen) atoms. The molecular formula is C9H10INO3. The van der Waals surface area contributed by atoms with Gasteiger partial charge in [0.1, 0.15) is 11.5 Å². The van der Waals surface area contributed by atoms with E-state index in [1.165, 1.54) is 18.2 Å². The SMILES string of the molecule is O=C(NCCI)c1cc(O)ccc1O. The van der Waals surface area contributed by atoms with Gasteiger partial charge in [-0.05, 0) is 18.2 Å². The first kappa shape index (κ1) is 11.1. The monoisotopic (exact) mass is 307 g/mol. The Labute approximate surface area is 95.1 Å². The minimum atomic E-state index is -0.380. The molecule has 1 amide bonds. The average Bonchev–Trinajstić information content (AvgIpc) is 2.18. The maximum atomic E-state index is 11.4. The van der Waals surface area contributed by atoms with E-state index in [4.69, 9.17) is 5.11 Å². The van der Waals surface area contributed by atoms with Crippen LogP contribution in [0.2, 0.25) is 0 Å². The Morgan fingerprint density at radius 1 is 1.43 bits per heavy atom. The quantitative estimate of drug-likeness (QED) is 0.447. The van der Waals surface area contributed by atoms with Gasteiger partial charge in [-0.3, -0.25) is 4.79 Å². The van der Waals surface area contributed by atoms with Crippen molar-refractivity contribution in [1.82, 2.24) is 5.32 Å². The molecule has 0 aromatic heterocycles. The van der Waals surface area contributed by atoms with E-state index >= 15 is 0 Å². The zero-order valence-electron chi connectivity index (χ0n) is 7.33. The van der Waals surface area contributed by atoms with E-state index in [9.17, 15) is 9.90 Å². The summed E-state index contributed by atoms with van der Waals surface area (Å²) in [6, 6.07) is 3.84. The lowest BCUT2D eigenvalue weighted by molar-refractivity contribution is 0.0953. The van der Waals surface area contributed by atoms with Crippen LogP contribution >= 0.6 is 22.6 Å². The van der Waals surface area contributed by atoms with Crippen LogP contribution < -0.4 is 5.32 Å². The normalized spacial score (nSPS) is 9.79. The van der Waals surface area contributed by atoms with E-state index in [1.54, 1.807) is 0 Å². The molecule has 0 aliphatic carbocycles. The van der Waals surface area contributed by atoms with E-state index in [2.05, 4.69) is 27.9 Å². The molecule has 0 spiro atoms. The van der Waals surface area contributed by atoms with Crippen LogP contribution in [-0.2, 0) is 0 Å². The summed E-state index contributed by atoms with van der Waals surface area (Å²) in [5.41, 5.74) is 0.0925. The van der Waals surface area contributed by atoms with Crippen LogP contribution in [0.4, 0.5) is 0 Å². The molecule has 0 aliphatic heterocycles. The van der Waals surface area contributed by atoms with Crippen molar-refractivity contribution in [1.29, 1.82) is 0 Å². The van der Waals surface area contributed by atoms with Gasteiger partial charge in [0, 0.05) is 11.0 Å². The number of aromatic hydroxyl groups is 2. The number of alkyl halides is 1. The van der Waals surface area contributed by atoms with Crippen LogP contribution in [0.1, 0.15) is 10.4 Å². The maximum absolute atomic E-state index is 11.4. The fraction of sp³-hybridized carbons (Fsp3) is 0.222. The van der Waals surface area contributed by atoms with Crippen molar-refractivity contribution >= 4 is 28.5 Å². The van der Waals surface area contributed by atoms with Crippen LogP contribution in [0, 0.1) is 0 Å². The number of nitrogens with one attached hydrogen (secondary N) is 1. The lowest BCUT2D eigenvalue weighted by Gasteiger charge is -2.05. The highest BCUT2D eigenvalue weighted by molar-refractivity contribution is 14.1. The van der Waals surface area contributed by atoms with Crippen molar-refractivity contribution < 1.29 is 15.0 Å². The minimum Gasteiger partial charge on any atom is -0.508 e. The van der Waals surface area contributed by atoms with Crippen LogP contribution in [-0.4, -0.2) is 27.1 Å². The second kappa shape index (κ2) is 5.04. The number of hydrogen-bond donors (Lipinski definition) is 3. The van der Waals surface area contributed by atoms with Crippen LogP contribution in [0.25, 0.3) is 0 Å². The summed E-state index contributed by atoms with van der Waals surface area (Å²) < 4.78 is 0.795. The molecule has 0 atom stereocenters. The molecule has 1 rings (SSSR count). The number of carbonyl (C=O) groups excluding carboxylic acids is 1. The first-order chi connectivity index (χ1) is 6.65. The highest BCUT2D eigenvalue weighted by Gasteiger charge is 2.10. The molecular weight excluding hydrogens is 297 g/mol. The van der Waals surface area contributed by atoms with Gasteiger partial charge in [-0.1, -0.05) is 22.6 Å². The number of phenols is 2. The lowest BCUT2D eigenvalue weighted by atomic mass is 10.2. The number of rotatable bonds is 3. The molecule has 76 valence electrons. The molecule has 0 bridgehead atoms. The van der Waals surface area contributed by atoms with Crippen molar-refractivity contribution in [3.63, 3.8) is 0 Å². The molecule has 1 aromatic carbocycles. The van der Waals surface area contributed by atoms with Crippen molar-refractivity contribution in [2.24, 2.45) is 0 Å². The summed E-state index contributed by atoms with van der Waals surface area (Å²) in [4.78, 5) is 11.4. The van der Waals surface area contributed by atoms with Gasteiger partial charge >= 0.3 is 0 Å². The second-order valence-corrected chi connectivity index (χ2v) is 3.73. The number of halogens is 1. The molecule has 1 aromatic rings. The Balaban J connectivity index is 2.83. The molecule has 5 heteroatoms. The smallest absolute Gasteiger partial charge is 0.255 e. The predicted molar refractivity (Wildman–Crippen MR) is 61.0 cm³/mol. The van der Waals surface area contributed by atoms with E-state index < -0.39 is 0 Å². The van der Waals surface area contributed by atoms with E-state index in [0.29, 0.717) is 6.54 Å². The first-order valence-electron chi connectivity index (χ1n) is 4.01. The molecule has 0 radical (unpaired) electrons. The van der Waals surface area contributed by atoms with Gasteiger partial charge in [0.25, 0.3) is 5.91 Å². The largest absolute Gasteiger partial charge is 0.508 e. The molecule has 0 saturated heterocycles. The second-order valence-electron chi connectivity index (χ2n) is 2.65. The molecule has 0 heterocycles. The van der Waals surface area contributed by atoms with Crippen LogP contribution in [0.15, 0.2) is 18.2 Å². The third kappa shape index (κ3) is 2.76. The molecule has 0 saturated carbocycles. The van der Waals surface area contributed by atoms with Gasteiger partial charge in [0.2, 0.25) is 0 Å². The van der Waals surface area contributed by atoms with Gasteiger partial charge < -0.3 is 15.5 Å². The summed E-state index contributed by atoms with van der Waals surface area (Å²) in [7, 11) is 0. The van der Waals surface area contributed by atoms with Gasteiger partial charge in [0.05, 0.1) is 5.56 Å². The van der Waals surface area contributed by atoms with Gasteiger partial charge in [0.15, 0.2) is 0 Å². The maximum Gasteiger partial charge on any atom is 0.255 e. The van der Waals surface area contributed by atoms with Gasteiger partial charge in [-0.2, -0.15) is 0 Å². The molecule has 0 unspecified atom stereocenters. The molecule has 0 fully saturated rings. The summed E-state index contributed by atoms with van der Waals surface area (Å²) in [6.45, 7) is 0.536. The number of hydrogen-bond acceptors (Lipinski definition) is 3. The summed E-state index contributed by atoms with van der Waals surface area (Å²) in [6.07, 6.45) is 0. The molecule has 0 aliphatic rings. The summed E-state index contributed by atoms with van der Waals surface area (Å²) >= 11 is 2.13. The van der Waals surface area contributed by atoms with Crippen molar-refractivity contribution in [2.75, 3.05) is 11.0 Å². The Morgan fingerprint density at radius 2 is 2.14 bits per heavy atom. The molecule has 3 N–H and O–H groups in total. The highest BCUT2D eigenvalue weighted by atomic mass is 127. The fourth-order valence-corrected chi connectivity index (χ4v) is 1.23. The van der Waals surface area contributed by atoms with Crippen LogP contribution in [0.5, 0.6) is 11.5 Å². The number of phenolic OH excluding ortho intramolecular Hbond substituents is 2. The minimum absolute atomic E-state index is 0.0394. The zero-order chi connectivity index (χ0) is 10.6. The number of amides is 1. The topological polar surface area (TPSA) is 69.6 Å². The van der Waals surface area contributed by atoms with Crippen molar-refractivity contribution in [3.8, 4) is 11.5 Å². The Morgan fingerprint density at radius 3 is 2.79 bits per heavy atom. The summed E-state index contributed by atoms with van der Waals surface area (Å²) in [5, 5.41) is 21.0. The third-order valence-electron chi connectivity index (χ3n) is 1.60. The van der Waals surface area contributed by atoms with Crippen LogP contribution in [0.3, 0.4) is 0 Å². The van der Waals surface area contributed by atoms with E-state index in [1.807, 2.05) is 0 Å². The first-order valence-corrected chi connectivity index (χ1v) is 5.54.